The summed E-state index contributed by atoms with van der Waals surface area (Å²) < 4.78 is 78.9. The Labute approximate surface area is 159 Å². The summed E-state index contributed by atoms with van der Waals surface area (Å²) >= 11 is 0. The van der Waals surface area contributed by atoms with Crippen LogP contribution in [-0.2, 0) is 30.1 Å². The molecule has 0 radical (unpaired) electrons. The van der Waals surface area contributed by atoms with E-state index in [0.29, 0.717) is 0 Å². The van der Waals surface area contributed by atoms with Crippen molar-refractivity contribution in [3.05, 3.63) is 54.6 Å². The highest BCUT2D eigenvalue weighted by Crippen LogP contribution is 2.15. The molecule has 0 unspecified atom stereocenters. The van der Waals surface area contributed by atoms with E-state index in [-0.39, 0.29) is 27.8 Å². The number of sulfonamides is 3. The van der Waals surface area contributed by atoms with Crippen LogP contribution in [-0.4, -0.2) is 45.4 Å². The summed E-state index contributed by atoms with van der Waals surface area (Å²) in [6.45, 7) is -0.387. The lowest BCUT2D eigenvalue weighted by Crippen LogP contribution is -2.34. The fourth-order valence-electron chi connectivity index (χ4n) is 2.06. The highest BCUT2D eigenvalue weighted by molar-refractivity contribution is 7.90. The van der Waals surface area contributed by atoms with Gasteiger partial charge < -0.3 is 0 Å². The summed E-state index contributed by atoms with van der Waals surface area (Å²) in [4.78, 5) is -0.375. The van der Waals surface area contributed by atoms with Gasteiger partial charge in [-0.15, -0.1) is 0 Å². The number of hydrogen-bond acceptors (Lipinski definition) is 6. The first-order valence-corrected chi connectivity index (χ1v) is 12.1. The largest absolute Gasteiger partial charge is 0.240 e. The van der Waals surface area contributed by atoms with E-state index in [2.05, 4.69) is 14.2 Å². The van der Waals surface area contributed by atoms with Crippen LogP contribution < -0.4 is 14.2 Å². The molecule has 0 aromatic heterocycles. The zero-order chi connectivity index (χ0) is 20.1. The van der Waals surface area contributed by atoms with Crippen molar-refractivity contribution in [2.24, 2.45) is 0 Å². The van der Waals surface area contributed by atoms with Gasteiger partial charge in [-0.1, -0.05) is 24.3 Å². The Morgan fingerprint density at radius 1 is 0.630 bits per heavy atom. The number of rotatable bonds is 9. The van der Waals surface area contributed by atoms with Crippen LogP contribution >= 0.6 is 0 Å². The van der Waals surface area contributed by atoms with Crippen LogP contribution in [0, 0.1) is 0 Å². The summed E-state index contributed by atoms with van der Waals surface area (Å²) in [5, 5.41) is 0. The van der Waals surface area contributed by atoms with Gasteiger partial charge in [-0.3, -0.25) is 0 Å². The topological polar surface area (TPSA) is 139 Å². The quantitative estimate of drug-likeness (QED) is 0.470. The molecule has 0 spiro atoms. The standard InChI is InChI=1S/C15H19N3O6S3/c1-16-25(19,20)14-8-5-9-15(12-14)27(23,24)18-11-10-17-26(21,22)13-6-3-2-4-7-13/h2-9,12,16-18H,10-11H2,1H3. The van der Waals surface area contributed by atoms with E-state index in [1.807, 2.05) is 0 Å². The molecular formula is C15H19N3O6S3. The molecule has 3 N–H and O–H groups in total. The molecule has 0 heterocycles. The first-order valence-electron chi connectivity index (χ1n) is 7.66. The molecule has 12 heteroatoms. The van der Waals surface area contributed by atoms with Crippen molar-refractivity contribution in [1.82, 2.24) is 14.2 Å². The molecular weight excluding hydrogens is 414 g/mol. The third-order valence-corrected chi connectivity index (χ3v) is 7.81. The smallest absolute Gasteiger partial charge is 0.214 e. The predicted molar refractivity (Wildman–Crippen MR) is 99.5 cm³/mol. The van der Waals surface area contributed by atoms with Crippen molar-refractivity contribution < 1.29 is 25.3 Å². The molecule has 0 aliphatic heterocycles. The molecule has 0 saturated heterocycles. The Morgan fingerprint density at radius 3 is 1.59 bits per heavy atom. The molecule has 0 amide bonds. The molecule has 0 atom stereocenters. The van der Waals surface area contributed by atoms with E-state index in [1.165, 1.54) is 37.4 Å². The van der Waals surface area contributed by atoms with Crippen LogP contribution in [0.4, 0.5) is 0 Å². The summed E-state index contributed by atoms with van der Waals surface area (Å²) in [5.41, 5.74) is 0. The van der Waals surface area contributed by atoms with Gasteiger partial charge in [0.1, 0.15) is 0 Å². The highest BCUT2D eigenvalue weighted by Gasteiger charge is 2.19. The van der Waals surface area contributed by atoms with Crippen LogP contribution in [0.25, 0.3) is 0 Å². The van der Waals surface area contributed by atoms with Gasteiger partial charge in [0.2, 0.25) is 30.1 Å². The Bertz CT molecular complexity index is 1100. The number of hydrogen-bond donors (Lipinski definition) is 3. The van der Waals surface area contributed by atoms with Crippen molar-refractivity contribution >= 4 is 30.1 Å². The van der Waals surface area contributed by atoms with Crippen molar-refractivity contribution in [3.63, 3.8) is 0 Å². The maximum absolute atomic E-state index is 12.3. The lowest BCUT2D eigenvalue weighted by Gasteiger charge is -2.10. The molecule has 148 valence electrons. The number of benzene rings is 2. The third kappa shape index (κ3) is 5.57. The molecule has 0 aliphatic rings. The summed E-state index contributed by atoms with van der Waals surface area (Å²) in [7, 11) is -10.3. The van der Waals surface area contributed by atoms with Gasteiger partial charge in [-0.25, -0.2) is 39.4 Å². The minimum Gasteiger partial charge on any atom is -0.214 e. The van der Waals surface area contributed by atoms with Crippen LogP contribution in [0.5, 0.6) is 0 Å². The Hall–Kier alpha value is -1.83. The second-order valence-corrected chi connectivity index (χ2v) is 10.7. The van der Waals surface area contributed by atoms with Gasteiger partial charge in [-0.05, 0) is 37.4 Å². The van der Waals surface area contributed by atoms with E-state index < -0.39 is 30.1 Å². The predicted octanol–water partition coefficient (Wildman–Crippen LogP) is -0.148. The van der Waals surface area contributed by atoms with Crippen LogP contribution in [0.2, 0.25) is 0 Å². The van der Waals surface area contributed by atoms with Gasteiger partial charge in [0.25, 0.3) is 0 Å². The SMILES string of the molecule is CNS(=O)(=O)c1cccc(S(=O)(=O)NCCNS(=O)(=O)c2ccccc2)c1. The molecule has 27 heavy (non-hydrogen) atoms. The first-order chi connectivity index (χ1) is 12.6. The first kappa shape index (κ1) is 21.5. The van der Waals surface area contributed by atoms with E-state index in [0.717, 1.165) is 6.07 Å². The molecule has 2 rings (SSSR count). The van der Waals surface area contributed by atoms with Crippen molar-refractivity contribution in [2.75, 3.05) is 20.1 Å². The maximum atomic E-state index is 12.3. The van der Waals surface area contributed by atoms with Gasteiger partial charge >= 0.3 is 0 Å². The molecule has 0 bridgehead atoms. The number of nitrogens with one attached hydrogen (secondary N) is 3. The third-order valence-electron chi connectivity index (χ3n) is 3.46. The van der Waals surface area contributed by atoms with Gasteiger partial charge in [0, 0.05) is 13.1 Å². The van der Waals surface area contributed by atoms with Crippen LogP contribution in [0.15, 0.2) is 69.3 Å². The van der Waals surface area contributed by atoms with Gasteiger partial charge in [0.05, 0.1) is 14.7 Å². The molecule has 0 fully saturated rings. The fraction of sp³-hybridized carbons (Fsp3) is 0.200. The Kier molecular flexibility index (Phi) is 6.72. The zero-order valence-electron chi connectivity index (χ0n) is 14.3. The van der Waals surface area contributed by atoms with Crippen molar-refractivity contribution in [3.8, 4) is 0 Å². The van der Waals surface area contributed by atoms with E-state index in [1.54, 1.807) is 18.2 Å². The lowest BCUT2D eigenvalue weighted by molar-refractivity contribution is 0.570. The molecule has 9 nitrogen and oxygen atoms in total. The monoisotopic (exact) mass is 433 g/mol. The summed E-state index contributed by atoms with van der Waals surface area (Å²) in [6.07, 6.45) is 0. The highest BCUT2D eigenvalue weighted by atomic mass is 32.2. The van der Waals surface area contributed by atoms with Crippen molar-refractivity contribution in [2.45, 2.75) is 14.7 Å². The minimum atomic E-state index is -4.01. The summed E-state index contributed by atoms with van der Waals surface area (Å²) in [6, 6.07) is 12.5. The van der Waals surface area contributed by atoms with E-state index in [4.69, 9.17) is 0 Å². The average molecular weight is 434 g/mol. The Balaban J connectivity index is 2.03. The van der Waals surface area contributed by atoms with Crippen LogP contribution in [0.1, 0.15) is 0 Å². The van der Waals surface area contributed by atoms with Crippen molar-refractivity contribution in [1.29, 1.82) is 0 Å². The van der Waals surface area contributed by atoms with E-state index in [9.17, 15) is 25.3 Å². The van der Waals surface area contributed by atoms with Gasteiger partial charge in [0.15, 0.2) is 0 Å². The fourth-order valence-corrected chi connectivity index (χ4v) is 5.04. The summed E-state index contributed by atoms with van der Waals surface area (Å²) in [5.74, 6) is 0. The van der Waals surface area contributed by atoms with Gasteiger partial charge in [-0.2, -0.15) is 0 Å². The molecule has 2 aromatic rings. The minimum absolute atomic E-state index is 0.0674. The molecule has 0 saturated carbocycles. The van der Waals surface area contributed by atoms with Crippen LogP contribution in [0.3, 0.4) is 0 Å². The average Bonchev–Trinajstić information content (AvgIpc) is 2.66. The maximum Gasteiger partial charge on any atom is 0.240 e. The Morgan fingerprint density at radius 2 is 1.07 bits per heavy atom. The second-order valence-electron chi connectivity index (χ2n) is 5.29. The normalized spacial score (nSPS) is 12.8. The molecule has 0 aliphatic carbocycles. The molecule has 2 aromatic carbocycles. The van der Waals surface area contributed by atoms with E-state index >= 15 is 0 Å². The second kappa shape index (κ2) is 8.46. The zero-order valence-corrected chi connectivity index (χ0v) is 16.7. The lowest BCUT2D eigenvalue weighted by atomic mass is 10.4.